The van der Waals surface area contributed by atoms with Crippen molar-refractivity contribution in [3.63, 3.8) is 0 Å². The molecule has 0 saturated heterocycles. The fraction of sp³-hybridized carbons (Fsp3) is 0.364. The Bertz CT molecular complexity index is 415. The minimum Gasteiger partial charge on any atom is -0.355 e. The van der Waals surface area contributed by atoms with Crippen LogP contribution in [-0.4, -0.2) is 23.3 Å². The predicted molar refractivity (Wildman–Crippen MR) is 59.7 cm³/mol. The molecule has 0 bridgehead atoms. The fourth-order valence-corrected chi connectivity index (χ4v) is 1.71. The quantitative estimate of drug-likeness (QED) is 0.804. The van der Waals surface area contributed by atoms with Gasteiger partial charge in [-0.3, -0.25) is 5.10 Å². The van der Waals surface area contributed by atoms with Gasteiger partial charge < -0.3 is 4.90 Å². The van der Waals surface area contributed by atoms with Crippen LogP contribution in [0.25, 0.3) is 10.9 Å². The summed E-state index contributed by atoms with van der Waals surface area (Å²) in [5.41, 5.74) is 1.11. The van der Waals surface area contributed by atoms with Crippen LogP contribution in [0.5, 0.6) is 0 Å². The van der Waals surface area contributed by atoms with E-state index in [4.69, 9.17) is 0 Å². The molecule has 1 aromatic carbocycles. The van der Waals surface area contributed by atoms with E-state index < -0.39 is 0 Å². The van der Waals surface area contributed by atoms with Crippen molar-refractivity contribution >= 4 is 16.7 Å². The molecule has 0 saturated carbocycles. The SMILES string of the molecule is CCN(CC)c1n[nH]c2ccccc12. The molecule has 3 nitrogen and oxygen atoms in total. The Kier molecular flexibility index (Phi) is 2.39. The zero-order valence-electron chi connectivity index (χ0n) is 8.62. The van der Waals surface area contributed by atoms with Crippen LogP contribution >= 0.6 is 0 Å². The highest BCUT2D eigenvalue weighted by Gasteiger charge is 2.09. The maximum absolute atomic E-state index is 4.34. The van der Waals surface area contributed by atoms with Crippen LogP contribution in [-0.2, 0) is 0 Å². The highest BCUT2D eigenvalue weighted by atomic mass is 15.3. The van der Waals surface area contributed by atoms with Crippen LogP contribution in [0.4, 0.5) is 5.82 Å². The molecule has 14 heavy (non-hydrogen) atoms. The first-order valence-electron chi connectivity index (χ1n) is 5.04. The average molecular weight is 189 g/mol. The second-order valence-corrected chi connectivity index (χ2v) is 3.27. The number of aromatic nitrogens is 2. The summed E-state index contributed by atoms with van der Waals surface area (Å²) in [6.07, 6.45) is 0. The molecule has 0 unspecified atom stereocenters. The van der Waals surface area contributed by atoms with Gasteiger partial charge in [-0.05, 0) is 26.0 Å². The Labute approximate surface area is 83.7 Å². The third-order valence-corrected chi connectivity index (χ3v) is 2.51. The molecule has 0 aliphatic carbocycles. The summed E-state index contributed by atoms with van der Waals surface area (Å²) < 4.78 is 0. The molecule has 0 amide bonds. The third-order valence-electron chi connectivity index (χ3n) is 2.51. The molecule has 0 atom stereocenters. The number of aromatic amines is 1. The number of rotatable bonds is 3. The van der Waals surface area contributed by atoms with E-state index in [0.717, 1.165) is 24.4 Å². The number of H-pyrrole nitrogens is 1. The molecular weight excluding hydrogens is 174 g/mol. The smallest absolute Gasteiger partial charge is 0.158 e. The summed E-state index contributed by atoms with van der Waals surface area (Å²) in [7, 11) is 0. The molecule has 1 N–H and O–H groups in total. The van der Waals surface area contributed by atoms with Crippen molar-refractivity contribution in [2.75, 3.05) is 18.0 Å². The summed E-state index contributed by atoms with van der Waals surface area (Å²) in [4.78, 5) is 2.25. The van der Waals surface area contributed by atoms with Crippen LogP contribution in [0.3, 0.4) is 0 Å². The van der Waals surface area contributed by atoms with Gasteiger partial charge in [-0.2, -0.15) is 5.10 Å². The van der Waals surface area contributed by atoms with Gasteiger partial charge in [0.15, 0.2) is 5.82 Å². The van der Waals surface area contributed by atoms with E-state index in [2.05, 4.69) is 41.1 Å². The van der Waals surface area contributed by atoms with Crippen LogP contribution in [0.1, 0.15) is 13.8 Å². The maximum atomic E-state index is 4.34. The fourth-order valence-electron chi connectivity index (χ4n) is 1.71. The van der Waals surface area contributed by atoms with Crippen molar-refractivity contribution in [2.24, 2.45) is 0 Å². The second-order valence-electron chi connectivity index (χ2n) is 3.27. The molecule has 2 aromatic rings. The van der Waals surface area contributed by atoms with Gasteiger partial charge in [0, 0.05) is 18.5 Å². The van der Waals surface area contributed by atoms with Gasteiger partial charge in [-0.1, -0.05) is 12.1 Å². The Morgan fingerprint density at radius 2 is 1.93 bits per heavy atom. The largest absolute Gasteiger partial charge is 0.355 e. The lowest BCUT2D eigenvalue weighted by atomic mass is 10.2. The van der Waals surface area contributed by atoms with Gasteiger partial charge in [0.2, 0.25) is 0 Å². The summed E-state index contributed by atoms with van der Waals surface area (Å²) in [6.45, 7) is 6.27. The first kappa shape index (κ1) is 9.06. The lowest BCUT2D eigenvalue weighted by Crippen LogP contribution is -2.22. The van der Waals surface area contributed by atoms with Crippen LogP contribution in [0.15, 0.2) is 24.3 Å². The molecule has 0 fully saturated rings. The number of hydrogen-bond donors (Lipinski definition) is 1. The monoisotopic (exact) mass is 189 g/mol. The summed E-state index contributed by atoms with van der Waals surface area (Å²) in [5, 5.41) is 8.59. The van der Waals surface area contributed by atoms with E-state index in [-0.39, 0.29) is 0 Å². The van der Waals surface area contributed by atoms with Crippen molar-refractivity contribution in [3.05, 3.63) is 24.3 Å². The topological polar surface area (TPSA) is 31.9 Å². The van der Waals surface area contributed by atoms with Crippen molar-refractivity contribution in [3.8, 4) is 0 Å². The molecule has 1 heterocycles. The minimum atomic E-state index is 0.991. The molecular formula is C11H15N3. The Morgan fingerprint density at radius 3 is 2.64 bits per heavy atom. The number of benzene rings is 1. The van der Waals surface area contributed by atoms with E-state index in [1.807, 2.05) is 12.1 Å². The van der Waals surface area contributed by atoms with Gasteiger partial charge in [0.05, 0.1) is 5.52 Å². The molecule has 3 heteroatoms. The Morgan fingerprint density at radius 1 is 1.21 bits per heavy atom. The number of nitrogens with one attached hydrogen (secondary N) is 1. The minimum absolute atomic E-state index is 0.991. The summed E-state index contributed by atoms with van der Waals surface area (Å²) >= 11 is 0. The van der Waals surface area contributed by atoms with E-state index in [9.17, 15) is 0 Å². The van der Waals surface area contributed by atoms with Gasteiger partial charge >= 0.3 is 0 Å². The number of anilines is 1. The molecule has 74 valence electrons. The number of para-hydroxylation sites is 1. The zero-order chi connectivity index (χ0) is 9.97. The first-order chi connectivity index (χ1) is 6.86. The highest BCUT2D eigenvalue weighted by molar-refractivity contribution is 5.89. The number of hydrogen-bond acceptors (Lipinski definition) is 2. The van der Waals surface area contributed by atoms with Crippen LogP contribution < -0.4 is 4.90 Å². The lowest BCUT2D eigenvalue weighted by Gasteiger charge is -2.17. The first-order valence-corrected chi connectivity index (χ1v) is 5.04. The van der Waals surface area contributed by atoms with E-state index >= 15 is 0 Å². The van der Waals surface area contributed by atoms with Crippen molar-refractivity contribution < 1.29 is 0 Å². The van der Waals surface area contributed by atoms with Gasteiger partial charge in [-0.15, -0.1) is 0 Å². The van der Waals surface area contributed by atoms with Gasteiger partial charge in [0.1, 0.15) is 0 Å². The molecule has 0 radical (unpaired) electrons. The highest BCUT2D eigenvalue weighted by Crippen LogP contribution is 2.22. The van der Waals surface area contributed by atoms with Crippen LogP contribution in [0.2, 0.25) is 0 Å². The molecule has 2 rings (SSSR count). The van der Waals surface area contributed by atoms with Crippen LogP contribution in [0, 0.1) is 0 Å². The van der Waals surface area contributed by atoms with E-state index in [1.165, 1.54) is 5.39 Å². The molecule has 0 aliphatic heterocycles. The lowest BCUT2D eigenvalue weighted by molar-refractivity contribution is 0.843. The molecule has 0 spiro atoms. The maximum Gasteiger partial charge on any atom is 0.158 e. The zero-order valence-corrected chi connectivity index (χ0v) is 8.62. The van der Waals surface area contributed by atoms with E-state index in [0.29, 0.717) is 0 Å². The normalized spacial score (nSPS) is 10.7. The van der Waals surface area contributed by atoms with Gasteiger partial charge in [0.25, 0.3) is 0 Å². The van der Waals surface area contributed by atoms with E-state index in [1.54, 1.807) is 0 Å². The van der Waals surface area contributed by atoms with Crippen molar-refractivity contribution in [1.29, 1.82) is 0 Å². The summed E-state index contributed by atoms with van der Waals surface area (Å²) in [6, 6.07) is 8.22. The van der Waals surface area contributed by atoms with Crippen molar-refractivity contribution in [1.82, 2.24) is 10.2 Å². The second kappa shape index (κ2) is 3.70. The standard InChI is InChI=1S/C11H15N3/c1-3-14(4-2)11-9-7-5-6-8-10(9)12-13-11/h5-8H,3-4H2,1-2H3,(H,12,13). The summed E-state index contributed by atoms with van der Waals surface area (Å²) in [5.74, 6) is 1.06. The predicted octanol–water partition coefficient (Wildman–Crippen LogP) is 2.41. The number of fused-ring (bicyclic) bond motifs is 1. The Balaban J connectivity index is 2.51. The molecule has 1 aromatic heterocycles. The van der Waals surface area contributed by atoms with Crippen molar-refractivity contribution in [2.45, 2.75) is 13.8 Å². The third kappa shape index (κ3) is 1.35. The average Bonchev–Trinajstić information content (AvgIpc) is 2.65. The Hall–Kier alpha value is -1.51. The number of nitrogens with zero attached hydrogens (tertiary/aromatic N) is 2. The van der Waals surface area contributed by atoms with Gasteiger partial charge in [-0.25, -0.2) is 0 Å². The molecule has 0 aliphatic rings.